The van der Waals surface area contributed by atoms with Crippen molar-refractivity contribution in [2.75, 3.05) is 12.4 Å². The van der Waals surface area contributed by atoms with Crippen molar-refractivity contribution in [1.29, 1.82) is 0 Å². The zero-order chi connectivity index (χ0) is 17.9. The van der Waals surface area contributed by atoms with Gasteiger partial charge in [-0.15, -0.1) is 10.6 Å². The Balaban J connectivity index is 2.33. The highest BCUT2D eigenvalue weighted by Crippen LogP contribution is 2.36. The minimum atomic E-state index is -3.12. The van der Waals surface area contributed by atoms with E-state index in [1.54, 1.807) is 7.05 Å². The highest BCUT2D eigenvalue weighted by molar-refractivity contribution is 6.37. The molecule has 2 amide bonds. The fourth-order valence-electron chi connectivity index (χ4n) is 1.78. The second-order valence-electron chi connectivity index (χ2n) is 4.53. The highest BCUT2D eigenvalue weighted by atomic mass is 35.5. The Kier molecular flexibility index (Phi) is 5.36. The lowest BCUT2D eigenvalue weighted by atomic mass is 10.1. The number of nitrogens with zero attached hydrogens (tertiary/aromatic N) is 2. The number of hydrazone groups is 1. The van der Waals surface area contributed by atoms with Crippen LogP contribution in [0.4, 0.5) is 14.5 Å². The standard InChI is InChI=1S/C12H13ClF2N6O3/c1-5(22)16-9-7(24-11(14)15)4-3-6(8(9)13)10(23)17-12-18-19-20-21(12)2/h3-4,11,19-20H,1-2H3,(H,16,22)(H,17,18,23). The first kappa shape index (κ1) is 17.7. The molecule has 0 unspecified atom stereocenters. The summed E-state index contributed by atoms with van der Waals surface area (Å²) in [4.78, 5) is 23.5. The van der Waals surface area contributed by atoms with Crippen LogP contribution in [0.3, 0.4) is 0 Å². The molecule has 1 aliphatic heterocycles. The number of amides is 2. The Labute approximate surface area is 139 Å². The first-order valence-corrected chi connectivity index (χ1v) is 6.85. The average Bonchev–Trinajstić information content (AvgIpc) is 2.87. The molecule has 0 aromatic heterocycles. The maximum absolute atomic E-state index is 12.4. The molecular weight excluding hydrogens is 350 g/mol. The van der Waals surface area contributed by atoms with Crippen LogP contribution in [0, 0.1) is 0 Å². The molecule has 0 atom stereocenters. The Hall–Kier alpha value is -2.66. The van der Waals surface area contributed by atoms with Gasteiger partial charge in [0.1, 0.15) is 5.69 Å². The summed E-state index contributed by atoms with van der Waals surface area (Å²) in [7, 11) is 1.59. The van der Waals surface area contributed by atoms with E-state index in [2.05, 4.69) is 31.5 Å². The van der Waals surface area contributed by atoms with Gasteiger partial charge in [0.15, 0.2) is 5.75 Å². The molecule has 9 nitrogen and oxygen atoms in total. The summed E-state index contributed by atoms with van der Waals surface area (Å²) in [5.74, 6) is -1.43. The fourth-order valence-corrected chi connectivity index (χ4v) is 2.07. The number of carbonyl (C=O) groups excluding carboxylic acids is 2. The van der Waals surface area contributed by atoms with Gasteiger partial charge in [0.2, 0.25) is 11.9 Å². The maximum Gasteiger partial charge on any atom is 0.387 e. The lowest BCUT2D eigenvalue weighted by molar-refractivity contribution is -0.114. The molecule has 0 saturated carbocycles. The van der Waals surface area contributed by atoms with Gasteiger partial charge in [0.25, 0.3) is 5.91 Å². The van der Waals surface area contributed by atoms with E-state index in [0.717, 1.165) is 13.0 Å². The summed E-state index contributed by atoms with van der Waals surface area (Å²) in [6, 6.07) is 2.30. The van der Waals surface area contributed by atoms with Gasteiger partial charge in [-0.25, -0.2) is 5.53 Å². The van der Waals surface area contributed by atoms with E-state index in [9.17, 15) is 18.4 Å². The second-order valence-corrected chi connectivity index (χ2v) is 4.91. The summed E-state index contributed by atoms with van der Waals surface area (Å²) in [5, 5.41) is 9.61. The van der Waals surface area contributed by atoms with E-state index in [0.29, 0.717) is 0 Å². The van der Waals surface area contributed by atoms with Gasteiger partial charge >= 0.3 is 6.61 Å². The Bertz CT molecular complexity index is 700. The van der Waals surface area contributed by atoms with Crippen molar-refractivity contribution >= 4 is 35.1 Å². The topological polar surface area (TPSA) is 107 Å². The van der Waals surface area contributed by atoms with Crippen molar-refractivity contribution < 1.29 is 23.1 Å². The van der Waals surface area contributed by atoms with E-state index in [1.807, 2.05) is 0 Å². The third-order valence-electron chi connectivity index (χ3n) is 2.79. The van der Waals surface area contributed by atoms with Crippen molar-refractivity contribution in [1.82, 2.24) is 21.4 Å². The maximum atomic E-state index is 12.4. The number of alkyl halides is 2. The number of halogens is 3. The number of hydrazine groups is 2. The van der Waals surface area contributed by atoms with Gasteiger partial charge in [-0.2, -0.15) is 8.78 Å². The van der Waals surface area contributed by atoms with E-state index >= 15 is 0 Å². The number of anilines is 1. The molecule has 12 heteroatoms. The molecule has 0 spiro atoms. The van der Waals surface area contributed by atoms with E-state index in [-0.39, 0.29) is 28.0 Å². The fraction of sp³-hybridized carbons (Fsp3) is 0.250. The van der Waals surface area contributed by atoms with Crippen LogP contribution in [0.1, 0.15) is 17.3 Å². The molecule has 0 radical (unpaired) electrons. The third kappa shape index (κ3) is 4.00. The monoisotopic (exact) mass is 362 g/mol. The van der Waals surface area contributed by atoms with Crippen LogP contribution in [-0.4, -0.2) is 36.4 Å². The van der Waals surface area contributed by atoms with Crippen LogP contribution in [0.25, 0.3) is 0 Å². The number of guanidine groups is 1. The normalized spacial score (nSPS) is 13.4. The summed E-state index contributed by atoms with van der Waals surface area (Å²) >= 11 is 6.07. The van der Waals surface area contributed by atoms with Gasteiger partial charge in [0.05, 0.1) is 10.6 Å². The smallest absolute Gasteiger partial charge is 0.387 e. The molecule has 1 aromatic carbocycles. The highest BCUT2D eigenvalue weighted by Gasteiger charge is 2.23. The molecule has 1 heterocycles. The quantitative estimate of drug-likeness (QED) is 0.633. The number of hydrogen-bond acceptors (Lipinski definition) is 7. The Morgan fingerprint density at radius 2 is 2.08 bits per heavy atom. The van der Waals surface area contributed by atoms with Crippen LogP contribution < -0.4 is 26.4 Å². The largest absolute Gasteiger partial charge is 0.433 e. The second kappa shape index (κ2) is 7.27. The first-order valence-electron chi connectivity index (χ1n) is 6.48. The molecule has 4 N–H and O–H groups in total. The van der Waals surface area contributed by atoms with E-state index < -0.39 is 18.4 Å². The summed E-state index contributed by atoms with van der Waals surface area (Å²) in [6.07, 6.45) is 0. The van der Waals surface area contributed by atoms with Crippen molar-refractivity contribution in [2.45, 2.75) is 13.5 Å². The minimum Gasteiger partial charge on any atom is -0.433 e. The number of nitrogens with one attached hydrogen (secondary N) is 4. The number of ether oxygens (including phenoxy) is 1. The molecule has 0 bridgehead atoms. The third-order valence-corrected chi connectivity index (χ3v) is 3.18. The van der Waals surface area contributed by atoms with E-state index in [1.165, 1.54) is 11.1 Å². The van der Waals surface area contributed by atoms with Crippen molar-refractivity contribution in [3.05, 3.63) is 22.7 Å². The van der Waals surface area contributed by atoms with Crippen LogP contribution in [0.2, 0.25) is 5.02 Å². The molecular formula is C12H13ClF2N6O3. The van der Waals surface area contributed by atoms with Crippen LogP contribution in [0.5, 0.6) is 5.75 Å². The molecule has 24 heavy (non-hydrogen) atoms. The Morgan fingerprint density at radius 1 is 1.38 bits per heavy atom. The van der Waals surface area contributed by atoms with Crippen LogP contribution >= 0.6 is 11.6 Å². The van der Waals surface area contributed by atoms with Crippen LogP contribution in [0.15, 0.2) is 17.2 Å². The zero-order valence-electron chi connectivity index (χ0n) is 12.5. The minimum absolute atomic E-state index is 0.0648. The van der Waals surface area contributed by atoms with E-state index in [4.69, 9.17) is 11.6 Å². The van der Waals surface area contributed by atoms with Gasteiger partial charge < -0.3 is 10.1 Å². The average molecular weight is 363 g/mol. The van der Waals surface area contributed by atoms with Crippen molar-refractivity contribution in [2.24, 2.45) is 5.10 Å². The van der Waals surface area contributed by atoms with Crippen molar-refractivity contribution in [3.63, 3.8) is 0 Å². The van der Waals surface area contributed by atoms with Gasteiger partial charge in [-0.1, -0.05) is 11.6 Å². The number of hydrogen-bond donors (Lipinski definition) is 4. The molecule has 0 fully saturated rings. The predicted molar refractivity (Wildman–Crippen MR) is 81.3 cm³/mol. The molecule has 1 aromatic rings. The zero-order valence-corrected chi connectivity index (χ0v) is 13.2. The molecule has 0 saturated heterocycles. The summed E-state index contributed by atoms with van der Waals surface area (Å²) in [6.45, 7) is -1.96. The van der Waals surface area contributed by atoms with Gasteiger partial charge in [0, 0.05) is 14.0 Å². The van der Waals surface area contributed by atoms with Crippen LogP contribution in [-0.2, 0) is 4.79 Å². The SMILES string of the molecule is CC(=O)Nc1c(OC(F)F)ccc(C(=O)NC2=NNNN2C)c1Cl. The van der Waals surface area contributed by atoms with Crippen molar-refractivity contribution in [3.8, 4) is 5.75 Å². The summed E-state index contributed by atoms with van der Waals surface area (Å²) in [5.41, 5.74) is 4.71. The number of carbonyl (C=O) groups is 2. The van der Waals surface area contributed by atoms with Gasteiger partial charge in [-0.3, -0.25) is 19.9 Å². The first-order chi connectivity index (χ1) is 11.3. The summed E-state index contributed by atoms with van der Waals surface area (Å²) < 4.78 is 29.2. The lowest BCUT2D eigenvalue weighted by Gasteiger charge is -2.16. The molecule has 1 aliphatic rings. The lowest BCUT2D eigenvalue weighted by Crippen LogP contribution is -2.45. The number of rotatable bonds is 4. The molecule has 0 aliphatic carbocycles. The predicted octanol–water partition coefficient (Wildman–Crippen LogP) is 0.855. The van der Waals surface area contributed by atoms with Gasteiger partial charge in [-0.05, 0) is 12.1 Å². The number of benzene rings is 1. The molecule has 2 rings (SSSR count). The molecule has 130 valence electrons. The Morgan fingerprint density at radius 3 is 2.62 bits per heavy atom.